The summed E-state index contributed by atoms with van der Waals surface area (Å²) < 4.78 is 1.47. The van der Waals surface area contributed by atoms with E-state index in [1.165, 1.54) is 21.4 Å². The van der Waals surface area contributed by atoms with Crippen molar-refractivity contribution in [1.82, 2.24) is 9.78 Å². The molecule has 0 amide bonds. The first-order chi connectivity index (χ1) is 10.4. The van der Waals surface area contributed by atoms with Crippen LogP contribution in [0.2, 0.25) is 0 Å². The Morgan fingerprint density at radius 1 is 0.955 bits per heavy atom. The maximum atomic E-state index is 12.8. The predicted octanol–water partition coefficient (Wildman–Crippen LogP) is 3.75. The number of benzene rings is 1. The first-order valence-electron chi connectivity index (χ1n) is 8.14. The Balaban J connectivity index is 2.96. The van der Waals surface area contributed by atoms with Crippen molar-refractivity contribution < 1.29 is 0 Å². The lowest BCUT2D eigenvalue weighted by Gasteiger charge is -2.18. The summed E-state index contributed by atoms with van der Waals surface area (Å²) in [5.74, 6) is 0. The van der Waals surface area contributed by atoms with E-state index in [1.807, 2.05) is 6.92 Å². The molecule has 0 fully saturated rings. The maximum absolute atomic E-state index is 12.8. The van der Waals surface area contributed by atoms with E-state index in [1.54, 1.807) is 7.05 Å². The van der Waals surface area contributed by atoms with Crippen LogP contribution in [0.3, 0.4) is 0 Å². The van der Waals surface area contributed by atoms with Crippen LogP contribution < -0.4 is 5.56 Å². The molecule has 3 nitrogen and oxygen atoms in total. The normalized spacial score (nSPS) is 11.0. The van der Waals surface area contributed by atoms with Gasteiger partial charge in [0.2, 0.25) is 0 Å². The largest absolute Gasteiger partial charge is 0.274 e. The lowest BCUT2D eigenvalue weighted by atomic mass is 9.87. The smallest absolute Gasteiger partial charge is 0.267 e. The molecule has 3 heteroatoms. The van der Waals surface area contributed by atoms with E-state index in [9.17, 15) is 4.79 Å². The fourth-order valence-electron chi connectivity index (χ4n) is 3.31. The number of rotatable bonds is 4. The van der Waals surface area contributed by atoms with Crippen molar-refractivity contribution in [1.29, 1.82) is 0 Å². The second kappa shape index (κ2) is 6.47. The molecule has 0 unspecified atom stereocenters. The highest BCUT2D eigenvalue weighted by Crippen LogP contribution is 2.31. The molecular formula is C19H26N2O. The fourth-order valence-corrected chi connectivity index (χ4v) is 3.31. The molecule has 0 aliphatic heterocycles. The Hall–Kier alpha value is -1.90. The molecule has 2 aromatic rings. The van der Waals surface area contributed by atoms with Crippen molar-refractivity contribution in [3.8, 4) is 11.1 Å². The zero-order valence-electron chi connectivity index (χ0n) is 14.6. The molecule has 1 heterocycles. The van der Waals surface area contributed by atoms with Crippen molar-refractivity contribution in [2.45, 2.75) is 53.9 Å². The summed E-state index contributed by atoms with van der Waals surface area (Å²) in [6.45, 7) is 10.5. The molecule has 0 bridgehead atoms. The van der Waals surface area contributed by atoms with Crippen molar-refractivity contribution >= 4 is 0 Å². The van der Waals surface area contributed by atoms with Crippen molar-refractivity contribution in [3.63, 3.8) is 0 Å². The van der Waals surface area contributed by atoms with E-state index < -0.39 is 0 Å². The highest BCUT2D eigenvalue weighted by Gasteiger charge is 2.19. The van der Waals surface area contributed by atoms with Crippen LogP contribution in [0.5, 0.6) is 0 Å². The Labute approximate surface area is 133 Å². The molecule has 1 aromatic heterocycles. The highest BCUT2D eigenvalue weighted by atomic mass is 16.1. The van der Waals surface area contributed by atoms with Crippen LogP contribution in [0.15, 0.2) is 16.9 Å². The minimum absolute atomic E-state index is 0.00991. The van der Waals surface area contributed by atoms with Crippen LogP contribution in [0, 0.1) is 13.8 Å². The Morgan fingerprint density at radius 2 is 1.50 bits per heavy atom. The van der Waals surface area contributed by atoms with Gasteiger partial charge in [0.1, 0.15) is 0 Å². The zero-order valence-corrected chi connectivity index (χ0v) is 14.6. The second-order valence-electron chi connectivity index (χ2n) is 5.89. The molecule has 22 heavy (non-hydrogen) atoms. The zero-order chi connectivity index (χ0) is 16.4. The number of hydrogen-bond acceptors (Lipinski definition) is 2. The summed E-state index contributed by atoms with van der Waals surface area (Å²) in [6, 6.07) is 4.42. The lowest BCUT2D eigenvalue weighted by molar-refractivity contribution is 0.686. The number of aryl methyl sites for hydroxylation is 5. The Bertz CT molecular complexity index is 732. The molecule has 0 saturated carbocycles. The summed E-state index contributed by atoms with van der Waals surface area (Å²) in [7, 11) is 1.74. The monoisotopic (exact) mass is 298 g/mol. The summed E-state index contributed by atoms with van der Waals surface area (Å²) in [5.41, 5.74) is 7.81. The summed E-state index contributed by atoms with van der Waals surface area (Å²) in [6.07, 6.45) is 2.68. The standard InChI is InChI=1S/C19H26N2O/c1-7-14-10-12(4)11-15(8-2)17(14)18-16(9-3)13(5)20-21(6)19(18)22/h10-11H,7-9H2,1-6H3. The molecule has 0 aliphatic rings. The van der Waals surface area contributed by atoms with Gasteiger partial charge < -0.3 is 0 Å². The molecule has 0 N–H and O–H groups in total. The molecule has 2 rings (SSSR count). The van der Waals surface area contributed by atoms with Gasteiger partial charge in [0.25, 0.3) is 5.56 Å². The summed E-state index contributed by atoms with van der Waals surface area (Å²) in [5, 5.41) is 4.36. The van der Waals surface area contributed by atoms with Gasteiger partial charge in [-0.15, -0.1) is 0 Å². The topological polar surface area (TPSA) is 34.9 Å². The Morgan fingerprint density at radius 3 is 1.95 bits per heavy atom. The van der Waals surface area contributed by atoms with Crippen LogP contribution in [-0.4, -0.2) is 9.78 Å². The van der Waals surface area contributed by atoms with Gasteiger partial charge in [-0.2, -0.15) is 5.10 Å². The molecule has 0 spiro atoms. The predicted molar refractivity (Wildman–Crippen MR) is 92.5 cm³/mol. The molecule has 0 saturated heterocycles. The van der Waals surface area contributed by atoms with Crippen molar-refractivity contribution in [3.05, 3.63) is 50.4 Å². The second-order valence-corrected chi connectivity index (χ2v) is 5.89. The van der Waals surface area contributed by atoms with Gasteiger partial charge in [-0.05, 0) is 55.4 Å². The molecule has 0 atom stereocenters. The van der Waals surface area contributed by atoms with Gasteiger partial charge in [-0.3, -0.25) is 4.79 Å². The first kappa shape index (κ1) is 16.5. The summed E-state index contributed by atoms with van der Waals surface area (Å²) in [4.78, 5) is 12.8. The van der Waals surface area contributed by atoms with Crippen LogP contribution in [0.1, 0.15) is 48.7 Å². The van der Waals surface area contributed by atoms with Gasteiger partial charge in [0, 0.05) is 7.05 Å². The molecule has 1 aromatic carbocycles. The van der Waals surface area contributed by atoms with Gasteiger partial charge in [-0.1, -0.05) is 38.5 Å². The number of nitrogens with zero attached hydrogens (tertiary/aromatic N) is 2. The van der Waals surface area contributed by atoms with E-state index >= 15 is 0 Å². The third-order valence-electron chi connectivity index (χ3n) is 4.36. The quantitative estimate of drug-likeness (QED) is 0.861. The van der Waals surface area contributed by atoms with Gasteiger partial charge in [0.05, 0.1) is 11.3 Å². The van der Waals surface area contributed by atoms with Crippen LogP contribution in [0.25, 0.3) is 11.1 Å². The summed E-state index contributed by atoms with van der Waals surface area (Å²) >= 11 is 0. The third kappa shape index (κ3) is 2.72. The van der Waals surface area contributed by atoms with E-state index in [2.05, 4.69) is 44.9 Å². The average Bonchev–Trinajstić information content (AvgIpc) is 2.50. The molecule has 0 aliphatic carbocycles. The third-order valence-corrected chi connectivity index (χ3v) is 4.36. The number of aromatic nitrogens is 2. The van der Waals surface area contributed by atoms with E-state index in [4.69, 9.17) is 0 Å². The van der Waals surface area contributed by atoms with Gasteiger partial charge in [-0.25, -0.2) is 4.68 Å². The van der Waals surface area contributed by atoms with Crippen LogP contribution >= 0.6 is 0 Å². The highest BCUT2D eigenvalue weighted by molar-refractivity contribution is 5.74. The van der Waals surface area contributed by atoms with E-state index in [0.29, 0.717) is 0 Å². The van der Waals surface area contributed by atoms with Gasteiger partial charge in [0.15, 0.2) is 0 Å². The molecule has 118 valence electrons. The molecular weight excluding hydrogens is 272 g/mol. The minimum atomic E-state index is 0.00991. The van der Waals surface area contributed by atoms with Crippen LogP contribution in [0.4, 0.5) is 0 Å². The van der Waals surface area contributed by atoms with Crippen LogP contribution in [-0.2, 0) is 26.3 Å². The van der Waals surface area contributed by atoms with E-state index in [-0.39, 0.29) is 5.56 Å². The maximum Gasteiger partial charge on any atom is 0.274 e. The minimum Gasteiger partial charge on any atom is -0.267 e. The first-order valence-corrected chi connectivity index (χ1v) is 8.14. The van der Waals surface area contributed by atoms with E-state index in [0.717, 1.165) is 41.6 Å². The average molecular weight is 298 g/mol. The number of hydrogen-bond donors (Lipinski definition) is 0. The molecule has 0 radical (unpaired) electrons. The SMILES string of the molecule is CCc1cc(C)cc(CC)c1-c1c(CC)c(C)nn(C)c1=O. The fraction of sp³-hybridized carbons (Fsp3) is 0.474. The Kier molecular flexibility index (Phi) is 4.84. The van der Waals surface area contributed by atoms with Crippen molar-refractivity contribution in [2.75, 3.05) is 0 Å². The lowest BCUT2D eigenvalue weighted by Crippen LogP contribution is -2.25. The van der Waals surface area contributed by atoms with Crippen molar-refractivity contribution in [2.24, 2.45) is 7.05 Å². The van der Waals surface area contributed by atoms with Gasteiger partial charge >= 0.3 is 0 Å².